The van der Waals surface area contributed by atoms with Gasteiger partial charge in [-0.1, -0.05) is 6.07 Å². The highest BCUT2D eigenvalue weighted by Gasteiger charge is 2.38. The van der Waals surface area contributed by atoms with Gasteiger partial charge in [0.05, 0.1) is 43.6 Å². The maximum Gasteiger partial charge on any atom is 0.255 e. The van der Waals surface area contributed by atoms with Gasteiger partial charge in [0.1, 0.15) is 11.5 Å². The van der Waals surface area contributed by atoms with E-state index in [1.807, 2.05) is 17.9 Å². The Hall–Kier alpha value is -3.14. The molecule has 3 heterocycles. The summed E-state index contributed by atoms with van der Waals surface area (Å²) in [5.74, 6) is 0.143. The molecule has 3 aliphatic rings. The molecular weight excluding hydrogens is 474 g/mol. The van der Waals surface area contributed by atoms with Crippen LogP contribution in [0.2, 0.25) is 0 Å². The summed E-state index contributed by atoms with van der Waals surface area (Å²) in [5.41, 5.74) is 2.89. The number of phenolic OH excluding ortho intramolecular Hbond substituents is 1. The lowest BCUT2D eigenvalue weighted by Gasteiger charge is -2.45. The van der Waals surface area contributed by atoms with Crippen LogP contribution >= 0.6 is 0 Å². The largest absolute Gasteiger partial charge is 0.508 e. The number of benzene rings is 2. The number of fused-ring (bicyclic) bond motifs is 3. The van der Waals surface area contributed by atoms with Gasteiger partial charge in [-0.25, -0.2) is 0 Å². The Morgan fingerprint density at radius 1 is 1.16 bits per heavy atom. The van der Waals surface area contributed by atoms with Crippen molar-refractivity contribution < 1.29 is 29.3 Å². The molecule has 2 bridgehead atoms. The third-order valence-corrected chi connectivity index (χ3v) is 7.61. The number of carbonyl (C=O) groups excluding carboxylic acids is 2. The van der Waals surface area contributed by atoms with Crippen LogP contribution in [0.15, 0.2) is 36.4 Å². The van der Waals surface area contributed by atoms with Crippen LogP contribution < -0.4 is 15.4 Å². The van der Waals surface area contributed by atoms with Gasteiger partial charge in [0.15, 0.2) is 0 Å². The van der Waals surface area contributed by atoms with E-state index in [0.29, 0.717) is 49.7 Å². The van der Waals surface area contributed by atoms with Gasteiger partial charge < -0.3 is 35.2 Å². The fourth-order valence-electron chi connectivity index (χ4n) is 5.66. The molecule has 0 aromatic heterocycles. The molecule has 198 valence electrons. The average molecular weight is 510 g/mol. The predicted octanol–water partition coefficient (Wildman–Crippen LogP) is 1.99. The molecule has 2 aromatic carbocycles. The van der Waals surface area contributed by atoms with Crippen molar-refractivity contribution in [2.24, 2.45) is 0 Å². The molecule has 3 aliphatic heterocycles. The highest BCUT2D eigenvalue weighted by atomic mass is 16.5. The summed E-state index contributed by atoms with van der Waals surface area (Å²) in [6.07, 6.45) is 2.77. The zero-order valence-electron chi connectivity index (χ0n) is 21.1. The maximum atomic E-state index is 13.4. The number of morpholine rings is 1. The van der Waals surface area contributed by atoms with Crippen LogP contribution in [-0.2, 0) is 17.7 Å². The van der Waals surface area contributed by atoms with Gasteiger partial charge in [-0.15, -0.1) is 0 Å². The van der Waals surface area contributed by atoms with Gasteiger partial charge in [0.2, 0.25) is 0 Å². The quantitative estimate of drug-likeness (QED) is 0.451. The summed E-state index contributed by atoms with van der Waals surface area (Å²) >= 11 is 0. The first-order valence-corrected chi connectivity index (χ1v) is 13.1. The molecule has 0 saturated carbocycles. The fraction of sp³-hybridized carbons (Fsp3) is 0.500. The number of hydrogen-bond donors (Lipinski definition) is 4. The second-order valence-electron chi connectivity index (χ2n) is 10.1. The average Bonchev–Trinajstić information content (AvgIpc) is 2.90. The van der Waals surface area contributed by atoms with Gasteiger partial charge in [0.25, 0.3) is 11.8 Å². The molecule has 9 heteroatoms. The zero-order valence-corrected chi connectivity index (χ0v) is 21.1. The predicted molar refractivity (Wildman–Crippen MR) is 137 cm³/mol. The van der Waals surface area contributed by atoms with Gasteiger partial charge in [-0.2, -0.15) is 0 Å². The third kappa shape index (κ3) is 5.44. The summed E-state index contributed by atoms with van der Waals surface area (Å²) in [6.45, 7) is 3.91. The van der Waals surface area contributed by atoms with Crippen molar-refractivity contribution in [2.75, 3.05) is 26.4 Å². The Balaban J connectivity index is 1.24. The summed E-state index contributed by atoms with van der Waals surface area (Å²) in [5, 5.41) is 26.5. The minimum atomic E-state index is -0.803. The zero-order chi connectivity index (χ0) is 25.9. The number of aliphatic hydroxyl groups is 1. The number of aliphatic hydroxyl groups excluding tert-OH is 1. The minimum absolute atomic E-state index is 0.0571. The molecule has 37 heavy (non-hydrogen) atoms. The van der Waals surface area contributed by atoms with Crippen LogP contribution in [0.4, 0.5) is 0 Å². The number of carbonyl (C=O) groups is 2. The normalized spacial score (nSPS) is 23.6. The van der Waals surface area contributed by atoms with Gasteiger partial charge in [0, 0.05) is 24.7 Å². The van der Waals surface area contributed by atoms with Crippen LogP contribution in [0.25, 0.3) is 0 Å². The van der Waals surface area contributed by atoms with Crippen molar-refractivity contribution >= 4 is 11.8 Å². The SMILES string of the molecule is CCOc1cc(C(=O)N2C3CCCC2COC3)ccc1C(=O)NC[C@@H](O)[C@@H]1Cc2ccc(O)cc2CN1. The second kappa shape index (κ2) is 11.1. The number of amides is 2. The Bertz CT molecular complexity index is 1130. The van der Waals surface area contributed by atoms with Crippen LogP contribution in [0.3, 0.4) is 0 Å². The molecule has 0 spiro atoms. The molecule has 2 amide bonds. The molecule has 9 nitrogen and oxygen atoms in total. The van der Waals surface area contributed by atoms with E-state index < -0.39 is 6.10 Å². The lowest BCUT2D eigenvalue weighted by atomic mass is 9.92. The van der Waals surface area contributed by atoms with E-state index in [1.54, 1.807) is 30.3 Å². The fourth-order valence-corrected chi connectivity index (χ4v) is 5.66. The number of nitrogens with zero attached hydrogens (tertiary/aromatic N) is 1. The molecular formula is C28H35N3O6. The maximum absolute atomic E-state index is 13.4. The Kier molecular flexibility index (Phi) is 7.64. The lowest BCUT2D eigenvalue weighted by molar-refractivity contribution is -0.0566. The highest BCUT2D eigenvalue weighted by molar-refractivity contribution is 6.00. The van der Waals surface area contributed by atoms with Crippen molar-refractivity contribution in [2.45, 2.75) is 63.4 Å². The molecule has 5 rings (SSSR count). The number of aromatic hydroxyl groups is 1. The van der Waals surface area contributed by atoms with Crippen LogP contribution in [0.5, 0.6) is 11.5 Å². The third-order valence-electron chi connectivity index (χ3n) is 7.61. The molecule has 2 aromatic rings. The smallest absolute Gasteiger partial charge is 0.255 e. The summed E-state index contributed by atoms with van der Waals surface area (Å²) in [6, 6.07) is 10.1. The molecule has 2 fully saturated rings. The molecule has 4 atom stereocenters. The van der Waals surface area contributed by atoms with E-state index in [-0.39, 0.29) is 42.2 Å². The number of piperidine rings is 1. The summed E-state index contributed by atoms with van der Waals surface area (Å²) in [7, 11) is 0. The van der Waals surface area contributed by atoms with E-state index in [0.717, 1.165) is 30.4 Å². The van der Waals surface area contributed by atoms with E-state index in [2.05, 4.69) is 10.6 Å². The Labute approximate surface area is 216 Å². The van der Waals surface area contributed by atoms with E-state index in [9.17, 15) is 19.8 Å². The topological polar surface area (TPSA) is 120 Å². The van der Waals surface area contributed by atoms with Crippen LogP contribution in [0.1, 0.15) is 58.0 Å². The monoisotopic (exact) mass is 509 g/mol. The molecule has 4 N–H and O–H groups in total. The van der Waals surface area contributed by atoms with E-state index in [4.69, 9.17) is 9.47 Å². The van der Waals surface area contributed by atoms with E-state index in [1.165, 1.54) is 0 Å². The molecule has 2 saturated heterocycles. The van der Waals surface area contributed by atoms with Crippen molar-refractivity contribution in [3.8, 4) is 11.5 Å². The molecule has 0 aliphatic carbocycles. The first-order valence-electron chi connectivity index (χ1n) is 13.1. The number of ether oxygens (including phenoxy) is 2. The highest BCUT2D eigenvalue weighted by Crippen LogP contribution is 2.30. The number of rotatable bonds is 7. The molecule has 2 unspecified atom stereocenters. The van der Waals surface area contributed by atoms with Gasteiger partial charge >= 0.3 is 0 Å². The minimum Gasteiger partial charge on any atom is -0.508 e. The van der Waals surface area contributed by atoms with Crippen molar-refractivity contribution in [3.63, 3.8) is 0 Å². The number of phenols is 1. The summed E-state index contributed by atoms with van der Waals surface area (Å²) < 4.78 is 11.4. The van der Waals surface area contributed by atoms with Crippen LogP contribution in [-0.4, -0.2) is 77.5 Å². The van der Waals surface area contributed by atoms with Gasteiger partial charge in [-0.05, 0) is 74.1 Å². The number of hydrogen-bond acceptors (Lipinski definition) is 7. The summed E-state index contributed by atoms with van der Waals surface area (Å²) in [4.78, 5) is 28.4. The second-order valence-corrected chi connectivity index (χ2v) is 10.1. The molecule has 0 radical (unpaired) electrons. The van der Waals surface area contributed by atoms with Crippen LogP contribution in [0, 0.1) is 0 Å². The van der Waals surface area contributed by atoms with Gasteiger partial charge in [-0.3, -0.25) is 9.59 Å². The first-order chi connectivity index (χ1) is 17.9. The lowest BCUT2D eigenvalue weighted by Crippen LogP contribution is -2.57. The van der Waals surface area contributed by atoms with Crippen molar-refractivity contribution in [1.29, 1.82) is 0 Å². The van der Waals surface area contributed by atoms with Crippen molar-refractivity contribution in [3.05, 3.63) is 58.7 Å². The van der Waals surface area contributed by atoms with Crippen molar-refractivity contribution in [1.82, 2.24) is 15.5 Å². The Morgan fingerprint density at radius 2 is 1.95 bits per heavy atom. The number of nitrogens with one attached hydrogen (secondary N) is 2. The Morgan fingerprint density at radius 3 is 2.70 bits per heavy atom. The van der Waals surface area contributed by atoms with E-state index >= 15 is 0 Å². The first kappa shape index (κ1) is 25.5. The standard InChI is InChI=1S/C28H35N3O6/c1-2-37-26-12-18(28(35)31-20-4-3-5-21(31)16-36-15-20)7-9-23(26)27(34)30-14-25(33)24-11-17-6-8-22(32)10-19(17)13-29-24/h6-10,12,20-21,24-25,29,32-33H,2-5,11,13-16H2,1H3,(H,30,34)/t20?,21?,24-,25+/m0/s1.